The first-order valence-electron chi connectivity index (χ1n) is 7.43. The van der Waals surface area contributed by atoms with Crippen molar-refractivity contribution in [2.75, 3.05) is 20.8 Å². The Bertz CT molecular complexity index is 794. The van der Waals surface area contributed by atoms with E-state index in [0.717, 1.165) is 0 Å². The third kappa shape index (κ3) is 4.84. The highest BCUT2D eigenvalue weighted by atomic mass is 16.5. The molecular weight excluding hydrogens is 324 g/mol. The number of phenols is 1. The van der Waals surface area contributed by atoms with Gasteiger partial charge >= 0.3 is 5.97 Å². The summed E-state index contributed by atoms with van der Waals surface area (Å²) in [6.07, 6.45) is 2.69. The SMILES string of the molecule is COc1cc(/C=C/C(=O)OCC(=O)c2ccccc2OC)ccc1O. The summed E-state index contributed by atoms with van der Waals surface area (Å²) in [5.41, 5.74) is 0.993. The molecule has 6 nitrogen and oxygen atoms in total. The van der Waals surface area contributed by atoms with E-state index in [-0.39, 0.29) is 18.1 Å². The largest absolute Gasteiger partial charge is 0.504 e. The third-order valence-electron chi connectivity index (χ3n) is 3.37. The van der Waals surface area contributed by atoms with Crippen LogP contribution in [-0.4, -0.2) is 37.7 Å². The number of ketones is 1. The summed E-state index contributed by atoms with van der Waals surface area (Å²) in [6.45, 7) is -0.386. The number of rotatable bonds is 7. The van der Waals surface area contributed by atoms with Crippen molar-refractivity contribution in [3.63, 3.8) is 0 Å². The van der Waals surface area contributed by atoms with Crippen LogP contribution < -0.4 is 9.47 Å². The lowest BCUT2D eigenvalue weighted by Gasteiger charge is -2.07. The van der Waals surface area contributed by atoms with Crippen LogP contribution >= 0.6 is 0 Å². The minimum Gasteiger partial charge on any atom is -0.504 e. The zero-order valence-electron chi connectivity index (χ0n) is 13.9. The number of esters is 1. The van der Waals surface area contributed by atoms with Gasteiger partial charge in [-0.25, -0.2) is 4.79 Å². The van der Waals surface area contributed by atoms with E-state index in [1.54, 1.807) is 36.4 Å². The van der Waals surface area contributed by atoms with E-state index in [4.69, 9.17) is 14.2 Å². The van der Waals surface area contributed by atoms with E-state index < -0.39 is 5.97 Å². The number of benzene rings is 2. The number of hydrogen-bond acceptors (Lipinski definition) is 6. The van der Waals surface area contributed by atoms with Gasteiger partial charge in [0.1, 0.15) is 5.75 Å². The fourth-order valence-electron chi connectivity index (χ4n) is 2.10. The van der Waals surface area contributed by atoms with Crippen LogP contribution in [0, 0.1) is 0 Å². The molecule has 0 unspecified atom stereocenters. The molecule has 0 amide bonds. The summed E-state index contributed by atoms with van der Waals surface area (Å²) in [4.78, 5) is 23.9. The number of ether oxygens (including phenoxy) is 3. The predicted molar refractivity (Wildman–Crippen MR) is 92.0 cm³/mol. The number of carbonyl (C=O) groups is 2. The Labute approximate surface area is 145 Å². The van der Waals surface area contributed by atoms with E-state index in [9.17, 15) is 14.7 Å². The first-order chi connectivity index (χ1) is 12.0. The van der Waals surface area contributed by atoms with Crippen molar-refractivity contribution in [1.29, 1.82) is 0 Å². The zero-order chi connectivity index (χ0) is 18.2. The molecule has 0 saturated heterocycles. The molecule has 0 fully saturated rings. The van der Waals surface area contributed by atoms with Gasteiger partial charge in [0.25, 0.3) is 0 Å². The molecule has 0 aromatic heterocycles. The molecule has 2 rings (SSSR count). The number of phenolic OH excluding ortho intramolecular Hbond substituents is 1. The van der Waals surface area contributed by atoms with Crippen LogP contribution in [0.5, 0.6) is 17.2 Å². The van der Waals surface area contributed by atoms with Gasteiger partial charge in [0, 0.05) is 6.08 Å². The third-order valence-corrected chi connectivity index (χ3v) is 3.37. The van der Waals surface area contributed by atoms with Crippen molar-refractivity contribution in [3.05, 3.63) is 59.7 Å². The molecule has 0 aliphatic heterocycles. The Morgan fingerprint density at radius 2 is 1.76 bits per heavy atom. The minimum absolute atomic E-state index is 0.00429. The van der Waals surface area contributed by atoms with E-state index >= 15 is 0 Å². The number of aromatic hydroxyl groups is 1. The van der Waals surface area contributed by atoms with Crippen LogP contribution in [0.15, 0.2) is 48.5 Å². The molecule has 0 radical (unpaired) electrons. The maximum atomic E-state index is 12.1. The number of Topliss-reactive ketones (excluding diaryl/α,β-unsaturated/α-hetero) is 1. The van der Waals surface area contributed by atoms with Gasteiger partial charge in [-0.1, -0.05) is 18.2 Å². The van der Waals surface area contributed by atoms with E-state index in [2.05, 4.69) is 0 Å². The molecule has 0 aliphatic carbocycles. The highest BCUT2D eigenvalue weighted by Gasteiger charge is 2.13. The number of para-hydroxylation sites is 1. The van der Waals surface area contributed by atoms with Crippen LogP contribution in [0.25, 0.3) is 6.08 Å². The second-order valence-corrected chi connectivity index (χ2v) is 5.00. The summed E-state index contributed by atoms with van der Waals surface area (Å²) in [5.74, 6) is -0.289. The fourth-order valence-corrected chi connectivity index (χ4v) is 2.10. The van der Waals surface area contributed by atoms with Gasteiger partial charge in [0.15, 0.2) is 18.1 Å². The fraction of sp³-hybridized carbons (Fsp3) is 0.158. The molecule has 0 atom stereocenters. The summed E-state index contributed by atoms with van der Waals surface area (Å²) >= 11 is 0. The first kappa shape index (κ1) is 18.1. The normalized spacial score (nSPS) is 10.5. The van der Waals surface area contributed by atoms with Crippen molar-refractivity contribution in [2.45, 2.75) is 0 Å². The van der Waals surface area contributed by atoms with Crippen molar-refractivity contribution in [1.82, 2.24) is 0 Å². The zero-order valence-corrected chi connectivity index (χ0v) is 13.9. The lowest BCUT2D eigenvalue weighted by atomic mass is 10.1. The van der Waals surface area contributed by atoms with Crippen LogP contribution in [0.1, 0.15) is 15.9 Å². The van der Waals surface area contributed by atoms with Gasteiger partial charge in [0.05, 0.1) is 19.8 Å². The molecule has 0 heterocycles. The monoisotopic (exact) mass is 342 g/mol. The summed E-state index contributed by atoms with van der Waals surface area (Å²) in [7, 11) is 2.90. The Morgan fingerprint density at radius 3 is 2.48 bits per heavy atom. The van der Waals surface area contributed by atoms with Crippen LogP contribution in [0.2, 0.25) is 0 Å². The molecule has 25 heavy (non-hydrogen) atoms. The van der Waals surface area contributed by atoms with Crippen LogP contribution in [0.3, 0.4) is 0 Å². The van der Waals surface area contributed by atoms with E-state index in [1.165, 1.54) is 32.4 Å². The summed E-state index contributed by atoms with van der Waals surface area (Å²) in [6, 6.07) is 11.3. The average Bonchev–Trinajstić information content (AvgIpc) is 2.65. The Balaban J connectivity index is 1.95. The molecule has 1 N–H and O–H groups in total. The Hall–Kier alpha value is -3.28. The van der Waals surface area contributed by atoms with Crippen LogP contribution in [0.4, 0.5) is 0 Å². The minimum atomic E-state index is -0.657. The molecule has 0 spiro atoms. The number of methoxy groups -OCH3 is 2. The maximum absolute atomic E-state index is 12.1. The summed E-state index contributed by atoms with van der Waals surface area (Å²) in [5, 5.41) is 9.52. The standard InChI is InChI=1S/C19H18O6/c1-23-17-6-4-3-5-14(17)16(21)12-25-19(22)10-8-13-7-9-15(20)18(11-13)24-2/h3-11,20H,12H2,1-2H3/b10-8+. The molecule has 2 aromatic rings. The van der Waals surface area contributed by atoms with Crippen molar-refractivity contribution < 1.29 is 28.9 Å². The van der Waals surface area contributed by atoms with Gasteiger partial charge < -0.3 is 19.3 Å². The molecular formula is C19H18O6. The van der Waals surface area contributed by atoms with Gasteiger partial charge in [-0.3, -0.25) is 4.79 Å². The molecule has 2 aromatic carbocycles. The van der Waals surface area contributed by atoms with Gasteiger partial charge in [0.2, 0.25) is 5.78 Å². The average molecular weight is 342 g/mol. The highest BCUT2D eigenvalue weighted by molar-refractivity contribution is 6.01. The molecule has 130 valence electrons. The second kappa shape index (κ2) is 8.54. The molecule has 6 heteroatoms. The van der Waals surface area contributed by atoms with Gasteiger partial charge in [-0.2, -0.15) is 0 Å². The number of hydrogen-bond donors (Lipinski definition) is 1. The summed E-state index contributed by atoms with van der Waals surface area (Å²) < 4.78 is 15.0. The van der Waals surface area contributed by atoms with Crippen LogP contribution in [-0.2, 0) is 9.53 Å². The second-order valence-electron chi connectivity index (χ2n) is 5.00. The van der Waals surface area contributed by atoms with Crippen molar-refractivity contribution >= 4 is 17.8 Å². The number of carbonyl (C=O) groups excluding carboxylic acids is 2. The molecule has 0 aliphatic rings. The smallest absolute Gasteiger partial charge is 0.331 e. The maximum Gasteiger partial charge on any atom is 0.331 e. The lowest BCUT2D eigenvalue weighted by Crippen LogP contribution is -2.13. The first-order valence-corrected chi connectivity index (χ1v) is 7.43. The highest BCUT2D eigenvalue weighted by Crippen LogP contribution is 2.26. The quantitative estimate of drug-likeness (QED) is 0.473. The molecule has 0 saturated carbocycles. The Morgan fingerprint density at radius 1 is 1.04 bits per heavy atom. The van der Waals surface area contributed by atoms with Gasteiger partial charge in [-0.15, -0.1) is 0 Å². The predicted octanol–water partition coefficient (Wildman–Crippen LogP) is 2.85. The lowest BCUT2D eigenvalue weighted by molar-refractivity contribution is -0.136. The van der Waals surface area contributed by atoms with Crippen molar-refractivity contribution in [3.8, 4) is 17.2 Å². The van der Waals surface area contributed by atoms with Gasteiger partial charge in [-0.05, 0) is 35.9 Å². The van der Waals surface area contributed by atoms with E-state index in [0.29, 0.717) is 22.6 Å². The topological polar surface area (TPSA) is 82.1 Å². The molecule has 0 bridgehead atoms. The van der Waals surface area contributed by atoms with E-state index in [1.807, 2.05) is 0 Å². The van der Waals surface area contributed by atoms with Crippen molar-refractivity contribution in [2.24, 2.45) is 0 Å². The Kier molecular flexibility index (Phi) is 6.17.